The Labute approximate surface area is 115 Å². The van der Waals surface area contributed by atoms with Crippen molar-refractivity contribution in [2.24, 2.45) is 5.73 Å². The van der Waals surface area contributed by atoms with Gasteiger partial charge in [0.1, 0.15) is 4.21 Å². The number of thiophene rings is 1. The van der Waals surface area contributed by atoms with Gasteiger partial charge in [0.2, 0.25) is 5.91 Å². The van der Waals surface area contributed by atoms with Crippen LogP contribution in [0, 0.1) is 6.92 Å². The van der Waals surface area contributed by atoms with E-state index in [9.17, 15) is 13.2 Å². The molecule has 1 aromatic rings. The maximum absolute atomic E-state index is 12.1. The van der Waals surface area contributed by atoms with Gasteiger partial charge in [-0.25, -0.2) is 13.1 Å². The molecule has 0 atom stereocenters. The lowest BCUT2D eigenvalue weighted by molar-refractivity contribution is -0.119. The monoisotopic (exact) mass is 310 g/mol. The van der Waals surface area contributed by atoms with E-state index in [0.717, 1.165) is 11.3 Å². The summed E-state index contributed by atoms with van der Waals surface area (Å²) in [7, 11) is -3.69. The number of hydrogen-bond donors (Lipinski definition) is 2. The van der Waals surface area contributed by atoms with E-state index in [-0.39, 0.29) is 10.6 Å². The van der Waals surface area contributed by atoms with Crippen molar-refractivity contribution in [2.75, 3.05) is 0 Å². The van der Waals surface area contributed by atoms with Crippen LogP contribution >= 0.6 is 22.9 Å². The van der Waals surface area contributed by atoms with Crippen molar-refractivity contribution in [1.29, 1.82) is 0 Å². The summed E-state index contributed by atoms with van der Waals surface area (Å²) in [6.45, 7) is 4.92. The highest BCUT2D eigenvalue weighted by Crippen LogP contribution is 2.30. The molecule has 0 aliphatic heterocycles. The van der Waals surface area contributed by atoms with E-state index >= 15 is 0 Å². The molecule has 8 heteroatoms. The molecule has 0 saturated heterocycles. The number of sulfonamides is 1. The van der Waals surface area contributed by atoms with Gasteiger partial charge in [-0.15, -0.1) is 11.3 Å². The summed E-state index contributed by atoms with van der Waals surface area (Å²) in [4.78, 5) is 10.9. The van der Waals surface area contributed by atoms with Gasteiger partial charge < -0.3 is 5.73 Å². The van der Waals surface area contributed by atoms with Crippen molar-refractivity contribution in [2.45, 2.75) is 36.9 Å². The highest BCUT2D eigenvalue weighted by molar-refractivity contribution is 7.91. The number of nitrogens with two attached hydrogens (primary N) is 1. The smallest absolute Gasteiger partial charge is 0.250 e. The van der Waals surface area contributed by atoms with Crippen LogP contribution in [0.15, 0.2) is 10.3 Å². The Bertz CT molecular complexity index is 544. The van der Waals surface area contributed by atoms with Crippen molar-refractivity contribution in [3.63, 3.8) is 0 Å². The maximum Gasteiger partial charge on any atom is 0.250 e. The topological polar surface area (TPSA) is 89.3 Å². The fraction of sp³-hybridized carbons (Fsp3) is 0.500. The SMILES string of the molecule is Cc1cc(S(=O)(=O)NC(C)(C)CC(N)=O)sc1Cl. The number of aryl methyl sites for hydroxylation is 1. The zero-order valence-electron chi connectivity index (χ0n) is 10.3. The summed E-state index contributed by atoms with van der Waals surface area (Å²) in [5.41, 5.74) is 4.84. The molecule has 1 heterocycles. The van der Waals surface area contributed by atoms with E-state index in [1.165, 1.54) is 6.07 Å². The first-order valence-electron chi connectivity index (χ1n) is 5.12. The molecule has 0 saturated carbocycles. The van der Waals surface area contributed by atoms with Crippen molar-refractivity contribution in [1.82, 2.24) is 4.72 Å². The van der Waals surface area contributed by atoms with Crippen LogP contribution in [0.2, 0.25) is 4.34 Å². The van der Waals surface area contributed by atoms with Crippen molar-refractivity contribution in [3.8, 4) is 0 Å². The second kappa shape index (κ2) is 5.16. The van der Waals surface area contributed by atoms with Gasteiger partial charge in [0.25, 0.3) is 10.0 Å². The van der Waals surface area contributed by atoms with E-state index in [2.05, 4.69) is 4.72 Å². The van der Waals surface area contributed by atoms with Crippen LogP contribution in [-0.2, 0) is 14.8 Å². The van der Waals surface area contributed by atoms with Crippen molar-refractivity contribution < 1.29 is 13.2 Å². The third kappa shape index (κ3) is 3.94. The largest absolute Gasteiger partial charge is 0.370 e. The zero-order chi connectivity index (χ0) is 14.1. The average molecular weight is 311 g/mol. The Morgan fingerprint density at radius 3 is 2.50 bits per heavy atom. The van der Waals surface area contributed by atoms with Crippen LogP contribution in [0.5, 0.6) is 0 Å². The second-order valence-electron chi connectivity index (χ2n) is 4.65. The molecule has 0 aliphatic carbocycles. The van der Waals surface area contributed by atoms with Crippen LogP contribution in [-0.4, -0.2) is 19.9 Å². The minimum atomic E-state index is -3.69. The standard InChI is InChI=1S/C10H15ClN2O3S2/c1-6-4-8(17-9(6)11)18(15,16)13-10(2,3)5-7(12)14/h4,13H,5H2,1-3H3,(H2,12,14). The quantitative estimate of drug-likeness (QED) is 0.866. The lowest BCUT2D eigenvalue weighted by Gasteiger charge is -2.23. The summed E-state index contributed by atoms with van der Waals surface area (Å²) >= 11 is 6.82. The van der Waals surface area contributed by atoms with E-state index < -0.39 is 21.5 Å². The number of rotatable bonds is 5. The van der Waals surface area contributed by atoms with Gasteiger partial charge >= 0.3 is 0 Å². The van der Waals surface area contributed by atoms with Gasteiger partial charge in [-0.2, -0.15) is 0 Å². The van der Waals surface area contributed by atoms with Crippen LogP contribution in [0.1, 0.15) is 25.8 Å². The molecule has 0 radical (unpaired) electrons. The molecule has 102 valence electrons. The van der Waals surface area contributed by atoms with E-state index in [4.69, 9.17) is 17.3 Å². The number of carbonyl (C=O) groups excluding carboxylic acids is 1. The Balaban J connectivity index is 2.98. The first-order chi connectivity index (χ1) is 8.03. The minimum Gasteiger partial charge on any atom is -0.370 e. The fourth-order valence-electron chi connectivity index (χ4n) is 1.45. The first kappa shape index (κ1) is 15.4. The Kier molecular flexibility index (Phi) is 4.42. The first-order valence-corrected chi connectivity index (χ1v) is 7.79. The molecule has 0 aromatic carbocycles. The van der Waals surface area contributed by atoms with E-state index in [1.54, 1.807) is 20.8 Å². The lowest BCUT2D eigenvalue weighted by atomic mass is 10.0. The number of hydrogen-bond acceptors (Lipinski definition) is 4. The maximum atomic E-state index is 12.1. The molecule has 1 aromatic heterocycles. The molecule has 3 N–H and O–H groups in total. The van der Waals surface area contributed by atoms with E-state index in [1.807, 2.05) is 0 Å². The molecule has 1 amide bonds. The van der Waals surface area contributed by atoms with Crippen LogP contribution in [0.3, 0.4) is 0 Å². The number of amides is 1. The molecular formula is C10H15ClN2O3S2. The molecule has 0 aliphatic rings. The zero-order valence-corrected chi connectivity index (χ0v) is 12.7. The Morgan fingerprint density at radius 2 is 2.11 bits per heavy atom. The fourth-order valence-corrected chi connectivity index (χ4v) is 4.57. The molecule has 5 nitrogen and oxygen atoms in total. The minimum absolute atomic E-state index is 0.0790. The summed E-state index contributed by atoms with van der Waals surface area (Å²) in [6.07, 6.45) is -0.0790. The summed E-state index contributed by atoms with van der Waals surface area (Å²) in [5, 5.41) is 0. The molecular weight excluding hydrogens is 296 g/mol. The number of nitrogens with one attached hydrogen (secondary N) is 1. The predicted molar refractivity (Wildman–Crippen MR) is 72.3 cm³/mol. The normalized spacial score (nSPS) is 12.7. The van der Waals surface area contributed by atoms with Crippen LogP contribution < -0.4 is 10.5 Å². The molecule has 1 rings (SSSR count). The van der Waals surface area contributed by atoms with Gasteiger partial charge in [-0.1, -0.05) is 11.6 Å². The predicted octanol–water partition coefficient (Wildman–Crippen LogP) is 1.64. The molecule has 0 fully saturated rings. The van der Waals surface area contributed by atoms with Crippen LogP contribution in [0.25, 0.3) is 0 Å². The van der Waals surface area contributed by atoms with Gasteiger partial charge in [0, 0.05) is 12.0 Å². The molecule has 0 bridgehead atoms. The molecule has 0 unspecified atom stereocenters. The highest BCUT2D eigenvalue weighted by atomic mass is 35.5. The van der Waals surface area contributed by atoms with Crippen LogP contribution in [0.4, 0.5) is 0 Å². The number of halogens is 1. The third-order valence-electron chi connectivity index (χ3n) is 2.13. The summed E-state index contributed by atoms with van der Waals surface area (Å²) in [6, 6.07) is 1.50. The lowest BCUT2D eigenvalue weighted by Crippen LogP contribution is -2.45. The molecule has 18 heavy (non-hydrogen) atoms. The second-order valence-corrected chi connectivity index (χ2v) is 8.22. The summed E-state index contributed by atoms with van der Waals surface area (Å²) < 4.78 is 27.2. The average Bonchev–Trinajstić information content (AvgIpc) is 2.42. The third-order valence-corrected chi connectivity index (χ3v) is 5.85. The number of carbonyl (C=O) groups is 1. The molecule has 0 spiro atoms. The van der Waals surface area contributed by atoms with Gasteiger partial charge in [-0.3, -0.25) is 4.79 Å². The van der Waals surface area contributed by atoms with Crippen molar-refractivity contribution in [3.05, 3.63) is 16.0 Å². The van der Waals surface area contributed by atoms with Gasteiger partial charge in [0.05, 0.1) is 4.34 Å². The van der Waals surface area contributed by atoms with Gasteiger partial charge in [-0.05, 0) is 32.4 Å². The van der Waals surface area contributed by atoms with Crippen molar-refractivity contribution >= 4 is 38.9 Å². The Morgan fingerprint density at radius 1 is 1.56 bits per heavy atom. The summed E-state index contributed by atoms with van der Waals surface area (Å²) in [5.74, 6) is -0.567. The Hall–Kier alpha value is -0.630. The number of primary amides is 1. The van der Waals surface area contributed by atoms with Gasteiger partial charge in [0.15, 0.2) is 0 Å². The highest BCUT2D eigenvalue weighted by Gasteiger charge is 2.29. The van der Waals surface area contributed by atoms with E-state index in [0.29, 0.717) is 9.90 Å².